The molecule has 0 radical (unpaired) electrons. The van der Waals surface area contributed by atoms with Crippen molar-refractivity contribution in [3.8, 4) is 23.0 Å². The molecule has 0 bridgehead atoms. The van der Waals surface area contributed by atoms with Crippen LogP contribution in [-0.4, -0.2) is 78.7 Å². The van der Waals surface area contributed by atoms with E-state index in [1.165, 1.54) is 0 Å². The molecule has 0 atom stereocenters. The molecular weight excluding hydrogens is 535 g/mol. The predicted octanol–water partition coefficient (Wildman–Crippen LogP) is 4.78. The number of alkyl halides is 3. The number of hydrogen-bond donors (Lipinski definition) is 3. The third-order valence-electron chi connectivity index (χ3n) is 5.51. The van der Waals surface area contributed by atoms with Crippen LogP contribution in [0.15, 0.2) is 46.9 Å². The SMILES string of the molecule is CCN(CC)CCCNc1nnc(-c2ccc(NC(=O)c3cccc(OC)c3)cc2OC)o1.O=C(O)C(F)(F)F. The number of carboxylic acids is 1. The van der Waals surface area contributed by atoms with Gasteiger partial charge in [-0.1, -0.05) is 25.0 Å². The topological polar surface area (TPSA) is 139 Å². The number of carbonyl (C=O) groups is 2. The van der Waals surface area contributed by atoms with Gasteiger partial charge in [0.1, 0.15) is 11.5 Å². The highest BCUT2D eigenvalue weighted by atomic mass is 19.4. The number of ether oxygens (including phenoxy) is 2. The van der Waals surface area contributed by atoms with Crippen LogP contribution in [0, 0.1) is 0 Å². The standard InChI is InChI=1S/C24H31N5O4.C2HF3O2/c1-5-29(6-2)14-8-13-25-24-28-27-23(33-24)20-12-11-18(16-21(20)32-4)26-22(30)17-9-7-10-19(15-17)31-3;3-2(4,5)1(6)7/h7,9-12,15-16H,5-6,8,13-14H2,1-4H3,(H,25,28)(H,26,30);(H,6,7). The first-order chi connectivity index (χ1) is 19.0. The Morgan fingerprint density at radius 3 is 2.35 bits per heavy atom. The highest BCUT2D eigenvalue weighted by Gasteiger charge is 2.38. The zero-order valence-electron chi connectivity index (χ0n) is 22.5. The maximum absolute atomic E-state index is 12.6. The summed E-state index contributed by atoms with van der Waals surface area (Å²) < 4.78 is 48.2. The lowest BCUT2D eigenvalue weighted by Crippen LogP contribution is -2.25. The maximum atomic E-state index is 12.6. The van der Waals surface area contributed by atoms with Crippen molar-refractivity contribution in [2.75, 3.05) is 51.0 Å². The molecule has 3 rings (SSSR count). The van der Waals surface area contributed by atoms with Crippen molar-refractivity contribution in [1.82, 2.24) is 15.1 Å². The Labute approximate surface area is 229 Å². The van der Waals surface area contributed by atoms with Crippen LogP contribution in [0.4, 0.5) is 24.9 Å². The van der Waals surface area contributed by atoms with Gasteiger partial charge in [-0.15, -0.1) is 5.10 Å². The first-order valence-corrected chi connectivity index (χ1v) is 12.3. The molecule has 3 aromatic rings. The van der Waals surface area contributed by atoms with Crippen LogP contribution in [-0.2, 0) is 4.79 Å². The quantitative estimate of drug-likeness (QED) is 0.262. The smallest absolute Gasteiger partial charge is 0.490 e. The van der Waals surface area contributed by atoms with Crippen LogP contribution in [0.2, 0.25) is 0 Å². The second-order valence-electron chi connectivity index (χ2n) is 8.12. The average Bonchev–Trinajstić information content (AvgIpc) is 3.41. The number of nitrogens with one attached hydrogen (secondary N) is 2. The van der Waals surface area contributed by atoms with E-state index in [-0.39, 0.29) is 5.91 Å². The molecule has 1 aromatic heterocycles. The zero-order chi connectivity index (χ0) is 29.7. The van der Waals surface area contributed by atoms with E-state index < -0.39 is 12.1 Å². The van der Waals surface area contributed by atoms with E-state index in [0.717, 1.165) is 32.6 Å². The summed E-state index contributed by atoms with van der Waals surface area (Å²) >= 11 is 0. The van der Waals surface area contributed by atoms with Crippen molar-refractivity contribution in [3.63, 3.8) is 0 Å². The van der Waals surface area contributed by atoms with Gasteiger partial charge in [0.25, 0.3) is 11.8 Å². The van der Waals surface area contributed by atoms with Crippen molar-refractivity contribution in [1.29, 1.82) is 0 Å². The molecule has 14 heteroatoms. The average molecular weight is 568 g/mol. The molecule has 1 heterocycles. The molecule has 0 saturated heterocycles. The van der Waals surface area contributed by atoms with Crippen molar-refractivity contribution in [2.45, 2.75) is 26.4 Å². The monoisotopic (exact) mass is 567 g/mol. The molecule has 0 fully saturated rings. The highest BCUT2D eigenvalue weighted by Crippen LogP contribution is 2.32. The van der Waals surface area contributed by atoms with Crippen LogP contribution >= 0.6 is 0 Å². The molecular formula is C26H32F3N5O6. The Hall–Kier alpha value is -4.33. The van der Waals surface area contributed by atoms with E-state index in [9.17, 15) is 18.0 Å². The minimum atomic E-state index is -5.08. The molecule has 3 N–H and O–H groups in total. The summed E-state index contributed by atoms with van der Waals surface area (Å²) in [5, 5.41) is 21.4. The number of benzene rings is 2. The predicted molar refractivity (Wildman–Crippen MR) is 142 cm³/mol. The van der Waals surface area contributed by atoms with Gasteiger partial charge in [0.05, 0.1) is 19.8 Å². The van der Waals surface area contributed by atoms with Gasteiger partial charge in [0.15, 0.2) is 0 Å². The number of hydrogen-bond acceptors (Lipinski definition) is 9. The summed E-state index contributed by atoms with van der Waals surface area (Å²) in [6.07, 6.45) is -4.11. The minimum absolute atomic E-state index is 0.252. The summed E-state index contributed by atoms with van der Waals surface area (Å²) in [5.74, 6) is -1.55. The second kappa shape index (κ2) is 15.3. The normalized spacial score (nSPS) is 10.9. The Morgan fingerprint density at radius 2 is 1.75 bits per heavy atom. The largest absolute Gasteiger partial charge is 0.497 e. The van der Waals surface area contributed by atoms with Crippen LogP contribution in [0.5, 0.6) is 11.5 Å². The van der Waals surface area contributed by atoms with E-state index >= 15 is 0 Å². The second-order valence-corrected chi connectivity index (χ2v) is 8.12. The number of halogens is 3. The maximum Gasteiger partial charge on any atom is 0.490 e. The summed E-state index contributed by atoms with van der Waals surface area (Å²) in [6.45, 7) is 8.14. The lowest BCUT2D eigenvalue weighted by molar-refractivity contribution is -0.192. The third kappa shape index (κ3) is 9.76. The fraction of sp³-hybridized carbons (Fsp3) is 0.385. The van der Waals surface area contributed by atoms with Crippen molar-refractivity contribution in [2.24, 2.45) is 0 Å². The van der Waals surface area contributed by atoms with Gasteiger partial charge in [-0.3, -0.25) is 4.79 Å². The van der Waals surface area contributed by atoms with Gasteiger partial charge in [-0.05, 0) is 56.4 Å². The van der Waals surface area contributed by atoms with Crippen molar-refractivity contribution < 1.29 is 41.8 Å². The van der Waals surface area contributed by atoms with Crippen LogP contribution < -0.4 is 20.1 Å². The van der Waals surface area contributed by atoms with Crippen LogP contribution in [0.1, 0.15) is 30.6 Å². The Balaban J connectivity index is 0.000000708. The van der Waals surface area contributed by atoms with E-state index in [2.05, 4.69) is 39.6 Å². The summed E-state index contributed by atoms with van der Waals surface area (Å²) in [5.41, 5.74) is 1.71. The Bertz CT molecular complexity index is 1250. The fourth-order valence-corrected chi connectivity index (χ4v) is 3.35. The Kier molecular flexibility index (Phi) is 12.2. The van der Waals surface area contributed by atoms with E-state index in [1.54, 1.807) is 56.7 Å². The minimum Gasteiger partial charge on any atom is -0.497 e. The van der Waals surface area contributed by atoms with Gasteiger partial charge in [0.2, 0.25) is 0 Å². The number of aliphatic carboxylic acids is 1. The molecule has 0 aliphatic rings. The van der Waals surface area contributed by atoms with Crippen molar-refractivity contribution in [3.05, 3.63) is 48.0 Å². The molecule has 0 spiro atoms. The van der Waals surface area contributed by atoms with E-state index in [1.807, 2.05) is 0 Å². The molecule has 1 amide bonds. The van der Waals surface area contributed by atoms with Crippen LogP contribution in [0.3, 0.4) is 0 Å². The van der Waals surface area contributed by atoms with E-state index in [4.69, 9.17) is 23.8 Å². The molecule has 0 saturated carbocycles. The number of carboxylic acid groups (broad SMARTS) is 1. The zero-order valence-corrected chi connectivity index (χ0v) is 22.5. The lowest BCUT2D eigenvalue weighted by atomic mass is 10.1. The number of amides is 1. The van der Waals surface area contributed by atoms with Crippen LogP contribution in [0.25, 0.3) is 11.5 Å². The van der Waals surface area contributed by atoms with E-state index in [0.29, 0.717) is 40.2 Å². The molecule has 0 aliphatic heterocycles. The molecule has 218 valence electrons. The van der Waals surface area contributed by atoms with Gasteiger partial charge >= 0.3 is 18.2 Å². The number of anilines is 2. The number of nitrogens with zero attached hydrogens (tertiary/aromatic N) is 3. The fourth-order valence-electron chi connectivity index (χ4n) is 3.35. The molecule has 11 nitrogen and oxygen atoms in total. The van der Waals surface area contributed by atoms with Gasteiger partial charge in [-0.2, -0.15) is 13.2 Å². The Morgan fingerprint density at radius 1 is 1.05 bits per heavy atom. The molecule has 40 heavy (non-hydrogen) atoms. The first-order valence-electron chi connectivity index (χ1n) is 12.3. The lowest BCUT2D eigenvalue weighted by Gasteiger charge is -2.17. The molecule has 0 unspecified atom stereocenters. The number of aromatic nitrogens is 2. The summed E-state index contributed by atoms with van der Waals surface area (Å²) in [6, 6.07) is 12.6. The molecule has 2 aromatic carbocycles. The first kappa shape index (κ1) is 31.9. The third-order valence-corrected chi connectivity index (χ3v) is 5.51. The number of methoxy groups -OCH3 is 2. The summed E-state index contributed by atoms with van der Waals surface area (Å²) in [4.78, 5) is 23.8. The van der Waals surface area contributed by atoms with Gasteiger partial charge in [-0.25, -0.2) is 4.79 Å². The number of rotatable bonds is 12. The van der Waals surface area contributed by atoms with Gasteiger partial charge < -0.3 is 34.5 Å². The highest BCUT2D eigenvalue weighted by molar-refractivity contribution is 6.04. The summed E-state index contributed by atoms with van der Waals surface area (Å²) in [7, 11) is 3.11. The molecule has 0 aliphatic carbocycles. The van der Waals surface area contributed by atoms with Gasteiger partial charge in [0, 0.05) is 23.9 Å². The number of carbonyl (C=O) groups excluding carboxylic acids is 1. The van der Waals surface area contributed by atoms with Crippen molar-refractivity contribution >= 4 is 23.6 Å².